The van der Waals surface area contributed by atoms with Crippen molar-refractivity contribution in [2.45, 2.75) is 6.54 Å². The Morgan fingerprint density at radius 3 is 2.65 bits per heavy atom. The third-order valence-corrected chi connectivity index (χ3v) is 3.27. The van der Waals surface area contributed by atoms with E-state index in [1.807, 2.05) is 36.4 Å². The molecule has 4 heteroatoms. The minimum absolute atomic E-state index is 0.311. The molecule has 1 N–H and O–H groups in total. The molecule has 0 unspecified atom stereocenters. The fourth-order valence-electron chi connectivity index (χ4n) is 2.23. The van der Waals surface area contributed by atoms with Gasteiger partial charge in [-0.25, -0.2) is 4.79 Å². The van der Waals surface area contributed by atoms with Gasteiger partial charge in [0.1, 0.15) is 6.67 Å². The van der Waals surface area contributed by atoms with E-state index in [1.165, 1.54) is 0 Å². The maximum absolute atomic E-state index is 10.8. The van der Waals surface area contributed by atoms with Crippen LogP contribution in [0.2, 0.25) is 0 Å². The molecule has 1 aliphatic heterocycles. The summed E-state index contributed by atoms with van der Waals surface area (Å²) >= 11 is 0. The highest BCUT2D eigenvalue weighted by atomic mass is 16.4. The summed E-state index contributed by atoms with van der Waals surface area (Å²) in [4.78, 5) is 17.4. The molecule has 4 nitrogen and oxygen atoms in total. The second-order valence-electron chi connectivity index (χ2n) is 4.74. The molecule has 100 valence electrons. The van der Waals surface area contributed by atoms with E-state index >= 15 is 0 Å². The molecule has 0 atom stereocenters. The van der Waals surface area contributed by atoms with Gasteiger partial charge in [-0.05, 0) is 23.8 Å². The molecule has 1 heterocycles. The number of aromatic carboxylic acids is 1. The predicted molar refractivity (Wildman–Crippen MR) is 75.5 cm³/mol. The van der Waals surface area contributed by atoms with Crippen molar-refractivity contribution in [1.82, 2.24) is 4.90 Å². The van der Waals surface area contributed by atoms with E-state index in [0.717, 1.165) is 22.7 Å². The van der Waals surface area contributed by atoms with E-state index < -0.39 is 5.97 Å². The van der Waals surface area contributed by atoms with Crippen LogP contribution in [0.1, 0.15) is 15.9 Å². The van der Waals surface area contributed by atoms with Crippen molar-refractivity contribution in [1.29, 1.82) is 0 Å². The van der Waals surface area contributed by atoms with Gasteiger partial charge in [0.15, 0.2) is 0 Å². The third kappa shape index (κ3) is 2.54. The Morgan fingerprint density at radius 2 is 1.90 bits per heavy atom. The zero-order chi connectivity index (χ0) is 13.9. The van der Waals surface area contributed by atoms with E-state index in [-0.39, 0.29) is 0 Å². The first-order valence-corrected chi connectivity index (χ1v) is 6.40. The van der Waals surface area contributed by atoms with Gasteiger partial charge in [0.05, 0.1) is 10.9 Å². The Kier molecular flexibility index (Phi) is 3.21. The van der Waals surface area contributed by atoms with Crippen molar-refractivity contribution in [3.63, 3.8) is 0 Å². The predicted octanol–water partition coefficient (Wildman–Crippen LogP) is 1.22. The molecule has 2 aromatic rings. The maximum Gasteiger partial charge on any atom is 0.335 e. The summed E-state index contributed by atoms with van der Waals surface area (Å²) in [5.74, 6) is -0.898. The lowest BCUT2D eigenvalue weighted by molar-refractivity contribution is 0.0697. The molecule has 0 amide bonds. The lowest BCUT2D eigenvalue weighted by Crippen LogP contribution is -2.35. The number of para-hydroxylation sites is 1. The molecule has 0 radical (unpaired) electrons. The quantitative estimate of drug-likeness (QED) is 0.908. The van der Waals surface area contributed by atoms with Crippen LogP contribution in [0.5, 0.6) is 0 Å². The number of carboxylic acids is 1. The van der Waals surface area contributed by atoms with Gasteiger partial charge in [-0.3, -0.25) is 4.99 Å². The maximum atomic E-state index is 10.8. The molecule has 20 heavy (non-hydrogen) atoms. The zero-order valence-corrected chi connectivity index (χ0v) is 10.9. The SMILES string of the molecule is O=C(O)c1ccc(CN2C=c3ccccc3=NC2)cc1. The highest BCUT2D eigenvalue weighted by molar-refractivity contribution is 5.87. The van der Waals surface area contributed by atoms with Crippen molar-refractivity contribution in [2.24, 2.45) is 4.99 Å². The number of nitrogens with zero attached hydrogens (tertiary/aromatic N) is 2. The molecular formula is C16H14N2O2. The first kappa shape index (κ1) is 12.4. The number of rotatable bonds is 3. The smallest absolute Gasteiger partial charge is 0.335 e. The average Bonchev–Trinajstić information content (AvgIpc) is 2.48. The molecule has 1 aliphatic rings. The van der Waals surface area contributed by atoms with Crippen molar-refractivity contribution < 1.29 is 9.90 Å². The second kappa shape index (κ2) is 5.17. The van der Waals surface area contributed by atoms with Crippen LogP contribution in [0.4, 0.5) is 0 Å². The van der Waals surface area contributed by atoms with Crippen LogP contribution >= 0.6 is 0 Å². The standard InChI is InChI=1S/C16H14N2O2/c19-16(20)13-7-5-12(6-8-13)9-18-10-14-3-1-2-4-15(14)17-11-18/h1-8,10H,9,11H2,(H,19,20). The van der Waals surface area contributed by atoms with Crippen molar-refractivity contribution in [2.75, 3.05) is 6.67 Å². The first-order valence-electron chi connectivity index (χ1n) is 6.40. The monoisotopic (exact) mass is 266 g/mol. The number of benzene rings is 2. The minimum atomic E-state index is -0.898. The van der Waals surface area contributed by atoms with Crippen LogP contribution in [0.25, 0.3) is 6.20 Å². The van der Waals surface area contributed by atoms with Crippen molar-refractivity contribution >= 4 is 12.2 Å². The molecular weight excluding hydrogens is 252 g/mol. The molecule has 0 fully saturated rings. The summed E-state index contributed by atoms with van der Waals surface area (Å²) in [7, 11) is 0. The van der Waals surface area contributed by atoms with E-state index in [0.29, 0.717) is 12.2 Å². The number of carboxylic acid groups (broad SMARTS) is 1. The number of hydrogen-bond acceptors (Lipinski definition) is 3. The van der Waals surface area contributed by atoms with Gasteiger partial charge in [-0.1, -0.05) is 30.3 Å². The van der Waals surface area contributed by atoms with Gasteiger partial charge >= 0.3 is 5.97 Å². The van der Waals surface area contributed by atoms with Crippen LogP contribution in [0, 0.1) is 0 Å². The number of carbonyl (C=O) groups is 1. The Bertz CT molecular complexity index is 751. The Hall–Kier alpha value is -2.62. The summed E-state index contributed by atoms with van der Waals surface area (Å²) in [6, 6.07) is 15.0. The van der Waals surface area contributed by atoms with Crippen molar-refractivity contribution in [3.05, 3.63) is 70.2 Å². The van der Waals surface area contributed by atoms with Gasteiger partial charge in [0, 0.05) is 18.0 Å². The van der Waals surface area contributed by atoms with E-state index in [1.54, 1.807) is 12.1 Å². The molecule has 3 rings (SSSR count). The van der Waals surface area contributed by atoms with E-state index in [2.05, 4.69) is 16.1 Å². The number of hydrogen-bond donors (Lipinski definition) is 1. The highest BCUT2D eigenvalue weighted by Crippen LogP contribution is 2.08. The van der Waals surface area contributed by atoms with E-state index in [9.17, 15) is 4.79 Å². The molecule has 0 saturated heterocycles. The normalized spacial score (nSPS) is 13.1. The molecule has 0 aromatic heterocycles. The fraction of sp³-hybridized carbons (Fsp3) is 0.125. The lowest BCUT2D eigenvalue weighted by atomic mass is 10.1. The van der Waals surface area contributed by atoms with Crippen LogP contribution < -0.4 is 10.6 Å². The highest BCUT2D eigenvalue weighted by Gasteiger charge is 2.06. The summed E-state index contributed by atoms with van der Waals surface area (Å²) in [5, 5.41) is 11.0. The van der Waals surface area contributed by atoms with Gasteiger partial charge < -0.3 is 10.0 Å². The van der Waals surface area contributed by atoms with Crippen LogP contribution in [-0.2, 0) is 6.54 Å². The summed E-state index contributed by atoms with van der Waals surface area (Å²) in [6.07, 6.45) is 2.09. The van der Waals surface area contributed by atoms with Crippen LogP contribution in [-0.4, -0.2) is 22.6 Å². The minimum Gasteiger partial charge on any atom is -0.478 e. The summed E-state index contributed by atoms with van der Waals surface area (Å²) in [6.45, 7) is 1.34. The van der Waals surface area contributed by atoms with Crippen LogP contribution in [0.15, 0.2) is 53.5 Å². The molecule has 0 aliphatic carbocycles. The summed E-state index contributed by atoms with van der Waals surface area (Å²) in [5.41, 5.74) is 1.38. The Labute approximate surface area is 116 Å². The zero-order valence-electron chi connectivity index (χ0n) is 10.9. The Balaban J connectivity index is 1.79. The van der Waals surface area contributed by atoms with Gasteiger partial charge in [-0.2, -0.15) is 0 Å². The third-order valence-electron chi connectivity index (χ3n) is 3.27. The molecule has 0 bridgehead atoms. The second-order valence-corrected chi connectivity index (χ2v) is 4.74. The van der Waals surface area contributed by atoms with Gasteiger partial charge in [0.25, 0.3) is 0 Å². The largest absolute Gasteiger partial charge is 0.478 e. The van der Waals surface area contributed by atoms with Gasteiger partial charge in [0.2, 0.25) is 0 Å². The lowest BCUT2D eigenvalue weighted by Gasteiger charge is -2.20. The average molecular weight is 266 g/mol. The van der Waals surface area contributed by atoms with Crippen LogP contribution in [0.3, 0.4) is 0 Å². The first-order chi connectivity index (χ1) is 9.72. The molecule has 0 saturated carbocycles. The molecule has 0 spiro atoms. The van der Waals surface area contributed by atoms with Crippen molar-refractivity contribution in [3.8, 4) is 0 Å². The van der Waals surface area contributed by atoms with E-state index in [4.69, 9.17) is 5.11 Å². The molecule has 2 aromatic carbocycles. The topological polar surface area (TPSA) is 52.9 Å². The fourth-order valence-corrected chi connectivity index (χ4v) is 2.23. The Morgan fingerprint density at radius 1 is 1.15 bits per heavy atom. The number of fused-ring (bicyclic) bond motifs is 1. The summed E-state index contributed by atoms with van der Waals surface area (Å²) < 4.78 is 0. The van der Waals surface area contributed by atoms with Gasteiger partial charge in [-0.15, -0.1) is 0 Å².